The molecule has 1 aliphatic heterocycles. The lowest BCUT2D eigenvalue weighted by atomic mass is 10.1. The van der Waals surface area contributed by atoms with Gasteiger partial charge < -0.3 is 9.84 Å². The number of aliphatic hydroxyl groups is 1. The van der Waals surface area contributed by atoms with Crippen molar-refractivity contribution in [2.45, 2.75) is 38.2 Å². The predicted octanol–water partition coefficient (Wildman–Crippen LogP) is -1.07. The third-order valence-corrected chi connectivity index (χ3v) is 4.41. The minimum absolute atomic E-state index is 0.0962. The van der Waals surface area contributed by atoms with Crippen molar-refractivity contribution in [3.63, 3.8) is 0 Å². The van der Waals surface area contributed by atoms with E-state index in [1.165, 1.54) is 10.8 Å². The molecule has 0 amide bonds. The fourth-order valence-electron chi connectivity index (χ4n) is 2.28. The van der Waals surface area contributed by atoms with E-state index in [-0.39, 0.29) is 18.6 Å². The van der Waals surface area contributed by atoms with Gasteiger partial charge in [-0.25, -0.2) is 13.2 Å². The second kappa shape index (κ2) is 5.74. The zero-order valence-corrected chi connectivity index (χ0v) is 12.6. The Balaban J connectivity index is 2.16. The van der Waals surface area contributed by atoms with E-state index in [1.54, 1.807) is 6.92 Å². The minimum Gasteiger partial charge on any atom is -0.390 e. The first-order chi connectivity index (χ1) is 9.67. The zero-order valence-electron chi connectivity index (χ0n) is 11.8. The number of aromatic amines is 1. The van der Waals surface area contributed by atoms with Crippen molar-refractivity contribution < 1.29 is 18.3 Å². The van der Waals surface area contributed by atoms with Crippen molar-refractivity contribution in [1.82, 2.24) is 9.55 Å². The number of aliphatic hydroxyl groups excluding tert-OH is 1. The Hall–Kier alpha value is -1.45. The second-order valence-corrected chi connectivity index (χ2v) is 7.59. The van der Waals surface area contributed by atoms with Gasteiger partial charge in [-0.1, -0.05) is 0 Å². The SMILES string of the molecule is Cc1cn([C@H]2C[C@H](O)[C@@H](CCS(C)(=O)=O)O2)c(=O)[nH]c1=O. The maximum absolute atomic E-state index is 11.8. The van der Waals surface area contributed by atoms with Crippen LogP contribution in [0.3, 0.4) is 0 Å². The van der Waals surface area contributed by atoms with Crippen molar-refractivity contribution in [2.24, 2.45) is 0 Å². The summed E-state index contributed by atoms with van der Waals surface area (Å²) in [6, 6.07) is 0. The molecule has 2 N–H and O–H groups in total. The van der Waals surface area contributed by atoms with Gasteiger partial charge in [0.1, 0.15) is 16.1 Å². The van der Waals surface area contributed by atoms with Gasteiger partial charge in [-0.3, -0.25) is 14.3 Å². The Bertz CT molecular complexity index is 735. The molecule has 1 aromatic rings. The third-order valence-electron chi connectivity index (χ3n) is 3.43. The Kier molecular flexibility index (Phi) is 4.35. The van der Waals surface area contributed by atoms with Crippen molar-refractivity contribution in [3.8, 4) is 0 Å². The highest BCUT2D eigenvalue weighted by Crippen LogP contribution is 2.29. The molecule has 0 spiro atoms. The summed E-state index contributed by atoms with van der Waals surface area (Å²) in [6.07, 6.45) is 0.597. The average Bonchev–Trinajstić information content (AvgIpc) is 2.72. The number of hydrogen-bond donors (Lipinski definition) is 2. The predicted molar refractivity (Wildman–Crippen MR) is 74.9 cm³/mol. The molecule has 0 radical (unpaired) electrons. The van der Waals surface area contributed by atoms with E-state index in [2.05, 4.69) is 4.98 Å². The van der Waals surface area contributed by atoms with Crippen LogP contribution in [0.1, 0.15) is 24.6 Å². The van der Waals surface area contributed by atoms with E-state index in [1.807, 2.05) is 0 Å². The topological polar surface area (TPSA) is 118 Å². The molecule has 2 heterocycles. The van der Waals surface area contributed by atoms with Crippen LogP contribution in [0.25, 0.3) is 0 Å². The smallest absolute Gasteiger partial charge is 0.330 e. The Morgan fingerprint density at radius 3 is 2.76 bits per heavy atom. The number of sulfone groups is 1. The van der Waals surface area contributed by atoms with Gasteiger partial charge in [-0.15, -0.1) is 0 Å². The maximum atomic E-state index is 11.8. The summed E-state index contributed by atoms with van der Waals surface area (Å²) in [5.74, 6) is -0.0962. The molecule has 118 valence electrons. The number of aryl methyl sites for hydroxylation is 1. The first kappa shape index (κ1) is 15.9. The summed E-state index contributed by atoms with van der Waals surface area (Å²) in [6.45, 7) is 1.56. The molecular formula is C12H18N2O6S. The lowest BCUT2D eigenvalue weighted by molar-refractivity contribution is -0.0214. The van der Waals surface area contributed by atoms with Gasteiger partial charge in [0.2, 0.25) is 0 Å². The Labute approximate surface area is 121 Å². The number of nitrogens with one attached hydrogen (secondary N) is 1. The van der Waals surface area contributed by atoms with Crippen LogP contribution in [0, 0.1) is 6.92 Å². The Morgan fingerprint density at radius 1 is 1.48 bits per heavy atom. The molecular weight excluding hydrogens is 300 g/mol. The number of rotatable bonds is 4. The summed E-state index contributed by atoms with van der Waals surface area (Å²) in [5, 5.41) is 9.93. The van der Waals surface area contributed by atoms with E-state index in [0.29, 0.717) is 5.56 Å². The first-order valence-electron chi connectivity index (χ1n) is 6.50. The molecule has 9 heteroatoms. The van der Waals surface area contributed by atoms with Crippen molar-refractivity contribution in [2.75, 3.05) is 12.0 Å². The van der Waals surface area contributed by atoms with Crippen LogP contribution in [0.2, 0.25) is 0 Å². The van der Waals surface area contributed by atoms with Crippen molar-refractivity contribution in [3.05, 3.63) is 32.6 Å². The van der Waals surface area contributed by atoms with Crippen LogP contribution in [0.4, 0.5) is 0 Å². The highest BCUT2D eigenvalue weighted by molar-refractivity contribution is 7.90. The highest BCUT2D eigenvalue weighted by Gasteiger charge is 2.35. The molecule has 1 aromatic heterocycles. The van der Waals surface area contributed by atoms with Crippen LogP contribution < -0.4 is 11.2 Å². The third kappa shape index (κ3) is 3.80. The molecule has 8 nitrogen and oxygen atoms in total. The molecule has 1 saturated heterocycles. The van der Waals surface area contributed by atoms with E-state index in [4.69, 9.17) is 4.74 Å². The fourth-order valence-corrected chi connectivity index (χ4v) is 2.94. The number of nitrogens with zero attached hydrogens (tertiary/aromatic N) is 1. The number of hydrogen-bond acceptors (Lipinski definition) is 6. The van der Waals surface area contributed by atoms with E-state index in [9.17, 15) is 23.1 Å². The molecule has 0 aliphatic carbocycles. The quantitative estimate of drug-likeness (QED) is 0.729. The van der Waals surface area contributed by atoms with Crippen LogP contribution in [0.15, 0.2) is 15.8 Å². The second-order valence-electron chi connectivity index (χ2n) is 5.33. The highest BCUT2D eigenvalue weighted by atomic mass is 32.2. The fraction of sp³-hybridized carbons (Fsp3) is 0.667. The molecule has 1 aliphatic rings. The van der Waals surface area contributed by atoms with Gasteiger partial charge in [-0.2, -0.15) is 0 Å². The van der Waals surface area contributed by atoms with E-state index in [0.717, 1.165) is 6.26 Å². The van der Waals surface area contributed by atoms with E-state index < -0.39 is 39.5 Å². The van der Waals surface area contributed by atoms with Crippen LogP contribution in [-0.4, -0.2) is 47.3 Å². The average molecular weight is 318 g/mol. The molecule has 1 fully saturated rings. The number of H-pyrrole nitrogens is 1. The summed E-state index contributed by atoms with van der Waals surface area (Å²) in [5.41, 5.74) is -0.734. The first-order valence-corrected chi connectivity index (χ1v) is 8.57. The summed E-state index contributed by atoms with van der Waals surface area (Å²) < 4.78 is 29.1. The summed E-state index contributed by atoms with van der Waals surface area (Å²) in [4.78, 5) is 25.2. The molecule has 2 rings (SSSR count). The van der Waals surface area contributed by atoms with Gasteiger partial charge in [0.15, 0.2) is 0 Å². The lowest BCUT2D eigenvalue weighted by Gasteiger charge is -2.16. The molecule has 0 aromatic carbocycles. The summed E-state index contributed by atoms with van der Waals surface area (Å²) in [7, 11) is -3.14. The molecule has 0 unspecified atom stereocenters. The van der Waals surface area contributed by atoms with E-state index >= 15 is 0 Å². The van der Waals surface area contributed by atoms with Crippen molar-refractivity contribution >= 4 is 9.84 Å². The molecule has 21 heavy (non-hydrogen) atoms. The van der Waals surface area contributed by atoms with Crippen LogP contribution in [0.5, 0.6) is 0 Å². The lowest BCUT2D eigenvalue weighted by Crippen LogP contribution is -2.33. The standard InChI is InChI=1S/C12H18N2O6S/c1-7-6-14(12(17)13-11(7)16)10-5-8(15)9(20-10)3-4-21(2,18)19/h6,8-10,15H,3-5H2,1-2H3,(H,13,16,17)/t8-,9+,10+/m0/s1. The van der Waals surface area contributed by atoms with Crippen molar-refractivity contribution in [1.29, 1.82) is 0 Å². The minimum atomic E-state index is -3.14. The largest absolute Gasteiger partial charge is 0.390 e. The molecule has 0 bridgehead atoms. The van der Waals surface area contributed by atoms with Gasteiger partial charge in [0.05, 0.1) is 18.0 Å². The van der Waals surface area contributed by atoms with Gasteiger partial charge in [-0.05, 0) is 13.3 Å². The Morgan fingerprint density at radius 2 is 2.14 bits per heavy atom. The molecule has 3 atom stereocenters. The van der Waals surface area contributed by atoms with Gasteiger partial charge in [0, 0.05) is 24.4 Å². The number of aromatic nitrogens is 2. The van der Waals surface area contributed by atoms with Gasteiger partial charge in [0.25, 0.3) is 5.56 Å². The monoisotopic (exact) mass is 318 g/mol. The number of ether oxygens (including phenoxy) is 1. The van der Waals surface area contributed by atoms with Gasteiger partial charge >= 0.3 is 5.69 Å². The van der Waals surface area contributed by atoms with Crippen LogP contribution in [-0.2, 0) is 14.6 Å². The molecule has 0 saturated carbocycles. The normalized spacial score (nSPS) is 26.1. The summed E-state index contributed by atoms with van der Waals surface area (Å²) >= 11 is 0. The zero-order chi connectivity index (χ0) is 15.8. The maximum Gasteiger partial charge on any atom is 0.330 e. The van der Waals surface area contributed by atoms with Crippen LogP contribution >= 0.6 is 0 Å².